The molecule has 13 nitrogen and oxygen atoms in total. The molecule has 4 aromatic rings. The summed E-state index contributed by atoms with van der Waals surface area (Å²) in [4.78, 5) is 37.3. The fourth-order valence-electron chi connectivity index (χ4n) is 11.7. The first-order chi connectivity index (χ1) is 30.1. The van der Waals surface area contributed by atoms with E-state index in [4.69, 9.17) is 23.7 Å². The van der Waals surface area contributed by atoms with E-state index >= 15 is 4.79 Å². The van der Waals surface area contributed by atoms with Crippen molar-refractivity contribution in [2.75, 3.05) is 46.5 Å². The van der Waals surface area contributed by atoms with Crippen molar-refractivity contribution in [3.05, 3.63) is 75.0 Å². The molecule has 8 heterocycles. The monoisotopic (exact) mass is 861 g/mol. The number of unbranched alkanes of at least 4 members (excludes halogenated alkanes) is 4. The van der Waals surface area contributed by atoms with Gasteiger partial charge in [-0.05, 0) is 62.9 Å². The minimum atomic E-state index is -1.16. The molecule has 11 rings (SSSR count). The van der Waals surface area contributed by atoms with Gasteiger partial charge in [0.25, 0.3) is 0 Å². The average Bonchev–Trinajstić information content (AvgIpc) is 3.90. The number of hydrogen-bond donors (Lipinski definition) is 3. The molecule has 0 aliphatic carbocycles. The number of carbonyl (C=O) groups is 2. The zero-order valence-electron chi connectivity index (χ0n) is 36.1. The number of ether oxygens (including phenoxy) is 5. The molecule has 1 unspecified atom stereocenters. The summed E-state index contributed by atoms with van der Waals surface area (Å²) < 4.78 is 31.7. The van der Waals surface area contributed by atoms with Crippen LogP contribution in [0.5, 0.6) is 28.7 Å². The van der Waals surface area contributed by atoms with Crippen molar-refractivity contribution in [3.8, 4) is 34.8 Å². The summed E-state index contributed by atoms with van der Waals surface area (Å²) in [6, 6.07) is 10.6. The van der Waals surface area contributed by atoms with E-state index in [1.807, 2.05) is 39.1 Å². The van der Waals surface area contributed by atoms with Gasteiger partial charge in [-0.15, -0.1) is 11.8 Å². The first kappa shape index (κ1) is 41.2. The number of para-hydroxylation sites is 1. The molecule has 1 spiro atoms. The number of hydrogen-bond acceptors (Lipinski definition) is 13. The molecular weight excluding hydrogens is 807 g/mol. The maximum absolute atomic E-state index is 15.0. The van der Waals surface area contributed by atoms with Crippen LogP contribution in [0.3, 0.4) is 0 Å². The van der Waals surface area contributed by atoms with Crippen LogP contribution >= 0.6 is 11.8 Å². The molecule has 0 saturated carbocycles. The molecule has 3 aromatic carbocycles. The third kappa shape index (κ3) is 6.17. The number of nitrogens with zero attached hydrogens (tertiary/aromatic N) is 3. The number of likely N-dealkylation sites (N-methyl/N-ethyl adjacent to an activating group) is 1. The van der Waals surface area contributed by atoms with Gasteiger partial charge in [0.05, 0.1) is 37.1 Å². The van der Waals surface area contributed by atoms with E-state index in [9.17, 15) is 15.2 Å². The number of phenols is 1. The van der Waals surface area contributed by atoms with Gasteiger partial charge in [0.1, 0.15) is 23.9 Å². The summed E-state index contributed by atoms with van der Waals surface area (Å²) in [5, 5.41) is 27.9. The zero-order valence-corrected chi connectivity index (χ0v) is 36.9. The topological polar surface area (TPSA) is 159 Å². The van der Waals surface area contributed by atoms with Crippen molar-refractivity contribution < 1.29 is 38.4 Å². The summed E-state index contributed by atoms with van der Waals surface area (Å²) in [6.45, 7) is 6.46. The highest BCUT2D eigenvalue weighted by molar-refractivity contribution is 7.99. The molecule has 7 aliphatic rings. The Morgan fingerprint density at radius 1 is 1.10 bits per heavy atom. The number of thioether (sulfide) groups is 1. The van der Waals surface area contributed by atoms with E-state index in [1.54, 1.807) is 18.9 Å². The van der Waals surface area contributed by atoms with Crippen LogP contribution in [-0.2, 0) is 32.7 Å². The second-order valence-corrected chi connectivity index (χ2v) is 18.9. The minimum absolute atomic E-state index is 0.0169. The third-order valence-electron chi connectivity index (χ3n) is 14.5. The lowest BCUT2D eigenvalue weighted by molar-refractivity contribution is -0.135. The van der Waals surface area contributed by atoms with Crippen molar-refractivity contribution >= 4 is 34.4 Å². The van der Waals surface area contributed by atoms with E-state index in [0.717, 1.165) is 82.1 Å². The van der Waals surface area contributed by atoms with Gasteiger partial charge in [-0.3, -0.25) is 24.7 Å². The van der Waals surface area contributed by atoms with Crippen molar-refractivity contribution in [2.24, 2.45) is 0 Å². The number of esters is 1. The highest BCUT2D eigenvalue weighted by Crippen LogP contribution is 2.64. The number of fused-ring (bicyclic) bond motifs is 12. The van der Waals surface area contributed by atoms with Gasteiger partial charge >= 0.3 is 5.97 Å². The van der Waals surface area contributed by atoms with Gasteiger partial charge < -0.3 is 33.8 Å². The highest BCUT2D eigenvalue weighted by Gasteiger charge is 2.61. The number of phenolic OH excluding ortho intramolecular Hbond substituents is 1. The van der Waals surface area contributed by atoms with Crippen LogP contribution in [0.15, 0.2) is 30.3 Å². The van der Waals surface area contributed by atoms with Gasteiger partial charge in [-0.1, -0.05) is 56.9 Å². The number of benzene rings is 3. The summed E-state index contributed by atoms with van der Waals surface area (Å²) in [5.41, 5.74) is 6.49. The molecule has 14 heteroatoms. The summed E-state index contributed by atoms with van der Waals surface area (Å²) in [5.74, 6) is 1.85. The van der Waals surface area contributed by atoms with E-state index in [-0.39, 0.29) is 50.0 Å². The Labute approximate surface area is 366 Å². The van der Waals surface area contributed by atoms with Crippen molar-refractivity contribution in [3.63, 3.8) is 0 Å². The molecule has 4 bridgehead atoms. The summed E-state index contributed by atoms with van der Waals surface area (Å²) >= 11 is 1.62. The predicted octanol–water partition coefficient (Wildman–Crippen LogP) is 7.14. The number of rotatable bonds is 8. The fraction of sp³-hybridized carbons (Fsp3) is 0.521. The molecule has 7 atom stereocenters. The number of aryl methyl sites for hydroxylation is 1. The largest absolute Gasteiger partial charge is 0.504 e. The van der Waals surface area contributed by atoms with E-state index in [0.29, 0.717) is 53.7 Å². The van der Waals surface area contributed by atoms with E-state index in [1.165, 1.54) is 0 Å². The van der Waals surface area contributed by atoms with Crippen molar-refractivity contribution in [1.82, 2.24) is 20.1 Å². The zero-order chi connectivity index (χ0) is 43.0. The number of aromatic nitrogens is 1. The molecular formula is C48H55N5O8S. The van der Waals surface area contributed by atoms with Crippen LogP contribution < -0.4 is 24.3 Å². The number of methoxy groups -OCH3 is 1. The molecule has 0 radical (unpaired) electrons. The Morgan fingerprint density at radius 2 is 1.90 bits per heavy atom. The first-order valence-corrected chi connectivity index (χ1v) is 23.2. The number of aromatic hydroxyl groups is 1. The van der Waals surface area contributed by atoms with E-state index < -0.39 is 35.0 Å². The van der Waals surface area contributed by atoms with Crippen LogP contribution in [0.4, 0.5) is 0 Å². The molecule has 0 amide bonds. The number of aromatic amines is 1. The van der Waals surface area contributed by atoms with Crippen LogP contribution in [0.25, 0.3) is 10.9 Å². The third-order valence-corrected chi connectivity index (χ3v) is 16.0. The molecule has 2 saturated heterocycles. The Morgan fingerprint density at radius 3 is 2.71 bits per heavy atom. The number of Topliss-reactive ketones (excluding diaryl/α,β-unsaturated/α-hetero) is 1. The lowest BCUT2D eigenvalue weighted by Gasteiger charge is -2.61. The highest BCUT2D eigenvalue weighted by atomic mass is 32.2. The van der Waals surface area contributed by atoms with Gasteiger partial charge in [0.15, 0.2) is 28.8 Å². The Balaban J connectivity index is 1.21. The van der Waals surface area contributed by atoms with Crippen LogP contribution in [0, 0.1) is 25.2 Å². The standard InChI is InChI=1S/C48H55N5O8S/c1-6-7-8-9-10-15-35(55)61-43-26(3)44-45(60-24-59-44)37-33-21-58-22-34(54)48(47-29(16-17-50-48)28-13-11-12-14-30(28)51-47)23-62-46(38(37)43)40-39-36-27(18-25(2)42(57-5)41(36)56)19-31(52(39)4)32(20-49)53(33)40/h11-14,18,31-33,39-40,46,50-51,56H,6-10,15-17,19,21-24H2,1-5H3/t31-,32-,33-,39-,40?,46+,48-/m0/s1. The molecule has 326 valence electrons. The van der Waals surface area contributed by atoms with Crippen LogP contribution in [-0.4, -0.2) is 96.2 Å². The number of nitrogens with one attached hydrogen (secondary N) is 2. The summed E-state index contributed by atoms with van der Waals surface area (Å²) in [6.07, 6.45) is 6.48. The molecule has 7 aliphatic heterocycles. The minimum Gasteiger partial charge on any atom is -0.504 e. The lowest BCUT2D eigenvalue weighted by Crippen LogP contribution is -2.69. The molecule has 1 aromatic heterocycles. The van der Waals surface area contributed by atoms with E-state index in [2.05, 4.69) is 45.2 Å². The van der Waals surface area contributed by atoms with Crippen molar-refractivity contribution in [1.29, 1.82) is 5.26 Å². The number of nitriles is 1. The maximum Gasteiger partial charge on any atom is 0.311 e. The second kappa shape index (κ2) is 16.1. The molecule has 62 heavy (non-hydrogen) atoms. The summed E-state index contributed by atoms with van der Waals surface area (Å²) in [7, 11) is 3.62. The number of H-pyrrole nitrogens is 1. The SMILES string of the molecule is CCCCCCCC(=O)Oc1c(C)c2c(c3c1[C@H]1SC[C@]4(NCCc5c4[nH]c4ccccc54)C(=O)COC[C@@H]3N3C1[C@@H]1c4c(cc(C)c(OC)c4O)C[C@@H]([C@@H]3C#N)N1C)OCO2. The normalized spacial score (nSPS) is 27.5. The van der Waals surface area contributed by atoms with Gasteiger partial charge in [-0.25, -0.2) is 0 Å². The number of carbonyl (C=O) groups excluding carboxylic acids is 2. The quantitative estimate of drug-likeness (QED) is 0.0934. The average molecular weight is 862 g/mol. The maximum atomic E-state index is 15.0. The number of ketones is 1. The Hall–Kier alpha value is -4.78. The van der Waals surface area contributed by atoms with Gasteiger partial charge in [-0.2, -0.15) is 5.26 Å². The Bertz CT molecular complexity index is 2520. The Kier molecular flexibility index (Phi) is 10.7. The molecule has 3 N–H and O–H groups in total. The predicted molar refractivity (Wildman–Crippen MR) is 234 cm³/mol. The smallest absolute Gasteiger partial charge is 0.311 e. The molecule has 2 fully saturated rings. The fourth-order valence-corrected chi connectivity index (χ4v) is 13.4. The number of piperazine rings is 1. The second-order valence-electron chi connectivity index (χ2n) is 17.8. The van der Waals surface area contributed by atoms with Gasteiger partial charge in [0, 0.05) is 69.7 Å². The van der Waals surface area contributed by atoms with Crippen LogP contribution in [0.1, 0.15) is 107 Å². The van der Waals surface area contributed by atoms with Crippen LogP contribution in [0.2, 0.25) is 0 Å². The van der Waals surface area contributed by atoms with Gasteiger partial charge in [0.2, 0.25) is 6.79 Å². The lowest BCUT2D eigenvalue weighted by atomic mass is 9.71. The van der Waals surface area contributed by atoms with Crippen molar-refractivity contribution in [2.45, 2.75) is 113 Å². The first-order valence-electron chi connectivity index (χ1n) is 22.2.